The van der Waals surface area contributed by atoms with Crippen molar-refractivity contribution >= 4 is 28.8 Å². The van der Waals surface area contributed by atoms with Crippen LogP contribution in [0.1, 0.15) is 5.56 Å². The molecule has 3 rings (SSSR count). The summed E-state index contributed by atoms with van der Waals surface area (Å²) in [6.07, 6.45) is 9.87. The van der Waals surface area contributed by atoms with Crippen LogP contribution in [0.5, 0.6) is 0 Å². The number of thiocarbonyl (C=S) groups is 1. The Kier molecular flexibility index (Phi) is 2.37. The third-order valence-corrected chi connectivity index (χ3v) is 2.76. The normalized spacial score (nSPS) is 15.9. The van der Waals surface area contributed by atoms with Gasteiger partial charge in [0.2, 0.25) is 0 Å². The Morgan fingerprint density at radius 1 is 1.12 bits per heavy atom. The second-order valence-corrected chi connectivity index (χ2v) is 3.82. The smallest absolute Gasteiger partial charge is 0.102 e. The average Bonchev–Trinajstić information content (AvgIpc) is 2.39. The Labute approximate surface area is 105 Å². The largest absolute Gasteiger partial charge is 0.262 e. The highest BCUT2D eigenvalue weighted by Crippen LogP contribution is 2.35. The van der Waals surface area contributed by atoms with E-state index in [9.17, 15) is 0 Å². The number of para-hydroxylation sites is 1. The van der Waals surface area contributed by atoms with Gasteiger partial charge in [0, 0.05) is 18.0 Å². The van der Waals surface area contributed by atoms with Crippen LogP contribution in [0, 0.1) is 0 Å². The van der Waals surface area contributed by atoms with Crippen LogP contribution >= 0.6 is 12.2 Å². The molecule has 0 spiro atoms. The lowest BCUT2D eigenvalue weighted by Crippen LogP contribution is -2.35. The number of hydrogen-bond donors (Lipinski definition) is 0. The number of nitrogens with zero attached hydrogens (tertiary/aromatic N) is 3. The number of rotatable bonds is 1. The van der Waals surface area contributed by atoms with Crippen molar-refractivity contribution in [3.8, 4) is 0 Å². The molecule has 3 nitrogen and oxygen atoms in total. The van der Waals surface area contributed by atoms with Crippen LogP contribution in [0.2, 0.25) is 0 Å². The molecule has 0 N–H and O–H groups in total. The molecule has 0 amide bonds. The minimum atomic E-state index is 0.826. The molecule has 1 aromatic carbocycles. The molecule has 4 heteroatoms. The summed E-state index contributed by atoms with van der Waals surface area (Å²) in [5.74, 6) is 0. The van der Waals surface area contributed by atoms with Gasteiger partial charge in [-0.25, -0.2) is 0 Å². The molecule has 0 fully saturated rings. The van der Waals surface area contributed by atoms with Crippen LogP contribution in [-0.2, 0) is 0 Å². The molecule has 1 aromatic rings. The van der Waals surface area contributed by atoms with Gasteiger partial charge in [-0.15, -0.1) is 0 Å². The molecule has 0 atom stereocenters. The van der Waals surface area contributed by atoms with Crippen molar-refractivity contribution in [1.82, 2.24) is 5.01 Å². The molecular formula is C13H9N3S. The molecule has 0 radical (unpaired) electrons. The summed E-state index contributed by atoms with van der Waals surface area (Å²) in [4.78, 5) is 4.12. The van der Waals surface area contributed by atoms with Crippen LogP contribution in [-0.4, -0.2) is 10.2 Å². The van der Waals surface area contributed by atoms with Crippen molar-refractivity contribution in [2.24, 2.45) is 4.99 Å². The van der Waals surface area contributed by atoms with E-state index in [1.165, 1.54) is 0 Å². The van der Waals surface area contributed by atoms with E-state index in [2.05, 4.69) is 33.4 Å². The van der Waals surface area contributed by atoms with Gasteiger partial charge in [-0.2, -0.15) is 4.99 Å². The number of isothiocyanates is 1. The van der Waals surface area contributed by atoms with E-state index in [1.807, 2.05) is 54.0 Å². The van der Waals surface area contributed by atoms with E-state index < -0.39 is 0 Å². The molecule has 2 aliphatic heterocycles. The zero-order valence-electron chi connectivity index (χ0n) is 8.95. The van der Waals surface area contributed by atoms with Crippen LogP contribution in [0.4, 0.5) is 5.69 Å². The Morgan fingerprint density at radius 3 is 2.82 bits per heavy atom. The lowest BCUT2D eigenvalue weighted by atomic mass is 10.1. The first-order valence-corrected chi connectivity index (χ1v) is 5.62. The van der Waals surface area contributed by atoms with Crippen molar-refractivity contribution in [2.45, 2.75) is 0 Å². The Bertz CT molecular complexity index is 594. The number of aliphatic imine (C=N–C) groups is 1. The van der Waals surface area contributed by atoms with Gasteiger partial charge < -0.3 is 0 Å². The Morgan fingerprint density at radius 2 is 1.94 bits per heavy atom. The summed E-state index contributed by atoms with van der Waals surface area (Å²) in [6.45, 7) is 0. The standard InChI is InChI=1S/C13H9N3S/c17-10-14-12-9-15-7-3-4-8-16(15)13-6-2-1-5-11(12)13/h1-9H. The van der Waals surface area contributed by atoms with Gasteiger partial charge in [0.05, 0.1) is 17.0 Å². The predicted octanol–water partition coefficient (Wildman–Crippen LogP) is 3.17. The zero-order chi connectivity index (χ0) is 11.7. The minimum absolute atomic E-state index is 0.826. The lowest BCUT2D eigenvalue weighted by molar-refractivity contribution is 0.502. The topological polar surface area (TPSA) is 18.8 Å². The minimum Gasteiger partial charge on any atom is -0.262 e. The van der Waals surface area contributed by atoms with Gasteiger partial charge in [0.15, 0.2) is 0 Å². The van der Waals surface area contributed by atoms with Crippen molar-refractivity contribution in [1.29, 1.82) is 0 Å². The first kappa shape index (κ1) is 10.0. The molecule has 0 unspecified atom stereocenters. The summed E-state index contributed by atoms with van der Waals surface area (Å²) in [5, 5.41) is 6.45. The summed E-state index contributed by atoms with van der Waals surface area (Å²) in [7, 11) is 0. The second-order valence-electron chi connectivity index (χ2n) is 3.64. The summed E-state index contributed by atoms with van der Waals surface area (Å²) < 4.78 is 0. The highest BCUT2D eigenvalue weighted by Gasteiger charge is 2.22. The third kappa shape index (κ3) is 1.60. The molecule has 0 bridgehead atoms. The van der Waals surface area contributed by atoms with E-state index in [0.717, 1.165) is 16.9 Å². The number of benzene rings is 1. The van der Waals surface area contributed by atoms with Gasteiger partial charge in [-0.1, -0.05) is 18.2 Å². The van der Waals surface area contributed by atoms with Gasteiger partial charge >= 0.3 is 0 Å². The van der Waals surface area contributed by atoms with Gasteiger partial charge in [-0.05, 0) is 30.4 Å². The quantitative estimate of drug-likeness (QED) is 0.554. The zero-order valence-corrected chi connectivity index (χ0v) is 9.76. The molecule has 0 saturated heterocycles. The molecule has 82 valence electrons. The van der Waals surface area contributed by atoms with Crippen molar-refractivity contribution in [3.05, 3.63) is 60.6 Å². The number of allylic oxidation sites excluding steroid dienone is 2. The van der Waals surface area contributed by atoms with Crippen LogP contribution < -0.4 is 5.01 Å². The fourth-order valence-corrected chi connectivity index (χ4v) is 2.05. The van der Waals surface area contributed by atoms with Crippen molar-refractivity contribution < 1.29 is 0 Å². The maximum atomic E-state index is 4.69. The van der Waals surface area contributed by atoms with Crippen molar-refractivity contribution in [2.75, 3.05) is 5.01 Å². The maximum Gasteiger partial charge on any atom is 0.102 e. The maximum absolute atomic E-state index is 4.69. The second kappa shape index (κ2) is 4.01. The molecule has 0 aromatic heterocycles. The highest BCUT2D eigenvalue weighted by atomic mass is 32.1. The number of anilines is 1. The van der Waals surface area contributed by atoms with E-state index in [1.54, 1.807) is 0 Å². The number of hydrogen-bond acceptors (Lipinski definition) is 4. The summed E-state index contributed by atoms with van der Waals surface area (Å²) in [6, 6.07) is 8.08. The Hall–Kier alpha value is -2.16. The molecule has 17 heavy (non-hydrogen) atoms. The molecule has 2 heterocycles. The van der Waals surface area contributed by atoms with E-state index in [4.69, 9.17) is 0 Å². The van der Waals surface area contributed by atoms with Crippen LogP contribution in [0.15, 0.2) is 60.0 Å². The monoisotopic (exact) mass is 239 g/mol. The van der Waals surface area contributed by atoms with Gasteiger partial charge in [-0.3, -0.25) is 10.0 Å². The molecular weight excluding hydrogens is 230 g/mol. The van der Waals surface area contributed by atoms with E-state index in [0.29, 0.717) is 0 Å². The van der Waals surface area contributed by atoms with E-state index >= 15 is 0 Å². The average molecular weight is 239 g/mol. The number of hydrazine groups is 1. The lowest BCUT2D eigenvalue weighted by Gasteiger charge is -2.36. The van der Waals surface area contributed by atoms with Gasteiger partial charge in [0.25, 0.3) is 0 Å². The fourth-order valence-electron chi connectivity index (χ4n) is 1.95. The first-order valence-electron chi connectivity index (χ1n) is 5.22. The van der Waals surface area contributed by atoms with Crippen molar-refractivity contribution in [3.63, 3.8) is 0 Å². The SMILES string of the molecule is S=C=NC1=CN2C=CC=CN2c2ccccc21. The molecule has 2 aliphatic rings. The summed E-state index contributed by atoms with van der Waals surface area (Å²) >= 11 is 4.69. The summed E-state index contributed by atoms with van der Waals surface area (Å²) in [5.41, 5.74) is 2.97. The predicted molar refractivity (Wildman–Crippen MR) is 72.0 cm³/mol. The molecule has 0 aliphatic carbocycles. The first-order chi connectivity index (χ1) is 8.40. The van der Waals surface area contributed by atoms with E-state index in [-0.39, 0.29) is 0 Å². The molecule has 0 saturated carbocycles. The highest BCUT2D eigenvalue weighted by molar-refractivity contribution is 7.78. The fraction of sp³-hybridized carbons (Fsp3) is 0. The third-order valence-electron chi connectivity index (χ3n) is 2.67. The van der Waals surface area contributed by atoms with Crippen LogP contribution in [0.25, 0.3) is 5.70 Å². The Balaban J connectivity index is 2.21. The van der Waals surface area contributed by atoms with Gasteiger partial charge in [0.1, 0.15) is 5.70 Å². The number of fused-ring (bicyclic) bond motifs is 3. The van der Waals surface area contributed by atoms with Crippen LogP contribution in [0.3, 0.4) is 0 Å².